The Kier molecular flexibility index (Phi) is 5.06. The minimum Gasteiger partial charge on any atom is -0.348 e. The molecule has 0 saturated heterocycles. The average Bonchev–Trinajstić information content (AvgIpc) is 2.48. The summed E-state index contributed by atoms with van der Waals surface area (Å²) in [5.41, 5.74) is 7.36. The Morgan fingerprint density at radius 2 is 1.76 bits per heavy atom. The zero-order valence-corrected chi connectivity index (χ0v) is 11.9. The molecule has 21 heavy (non-hydrogen) atoms. The van der Waals surface area contributed by atoms with Crippen LogP contribution in [-0.2, 0) is 11.2 Å². The van der Waals surface area contributed by atoms with Crippen LogP contribution in [0.25, 0.3) is 0 Å². The maximum absolute atomic E-state index is 13.7. The van der Waals surface area contributed by atoms with E-state index >= 15 is 0 Å². The van der Waals surface area contributed by atoms with Crippen LogP contribution in [0.3, 0.4) is 0 Å². The van der Waals surface area contributed by atoms with Crippen molar-refractivity contribution in [3.05, 3.63) is 71.5 Å². The van der Waals surface area contributed by atoms with Gasteiger partial charge in [-0.25, -0.2) is 4.39 Å². The van der Waals surface area contributed by atoms with Gasteiger partial charge in [-0.15, -0.1) is 0 Å². The highest BCUT2D eigenvalue weighted by Gasteiger charge is 2.18. The van der Waals surface area contributed by atoms with Gasteiger partial charge in [0.1, 0.15) is 5.82 Å². The van der Waals surface area contributed by atoms with Gasteiger partial charge in [-0.05, 0) is 25.0 Å². The lowest BCUT2D eigenvalue weighted by Crippen LogP contribution is -2.43. The number of nitrogens with one attached hydrogen (secondary N) is 1. The summed E-state index contributed by atoms with van der Waals surface area (Å²) in [4.78, 5) is 12.1. The Bertz CT molecular complexity index is 601. The lowest BCUT2D eigenvalue weighted by Gasteiger charge is -2.18. The third kappa shape index (κ3) is 4.13. The van der Waals surface area contributed by atoms with Crippen molar-refractivity contribution < 1.29 is 9.18 Å². The minimum absolute atomic E-state index is 0.283. The Morgan fingerprint density at radius 3 is 2.43 bits per heavy atom. The summed E-state index contributed by atoms with van der Waals surface area (Å²) >= 11 is 0. The second kappa shape index (κ2) is 6.99. The molecule has 3 nitrogen and oxygen atoms in total. The van der Waals surface area contributed by atoms with Gasteiger partial charge < -0.3 is 11.1 Å². The number of hydrogen-bond acceptors (Lipinski definition) is 2. The summed E-state index contributed by atoms with van der Waals surface area (Å²) in [6, 6.07) is 14.9. The van der Waals surface area contributed by atoms with E-state index in [2.05, 4.69) is 5.32 Å². The van der Waals surface area contributed by atoms with Gasteiger partial charge in [-0.2, -0.15) is 0 Å². The fourth-order valence-corrected chi connectivity index (χ4v) is 2.19. The molecule has 2 aromatic rings. The first kappa shape index (κ1) is 15.2. The number of hydrogen-bond donors (Lipinski definition) is 2. The van der Waals surface area contributed by atoms with E-state index in [1.54, 1.807) is 25.1 Å². The van der Waals surface area contributed by atoms with Crippen LogP contribution in [0.5, 0.6) is 0 Å². The Morgan fingerprint density at radius 1 is 1.14 bits per heavy atom. The fraction of sp³-hybridized carbons (Fsp3) is 0.235. The molecule has 1 unspecified atom stereocenters. The Hall–Kier alpha value is -2.20. The molecule has 0 fully saturated rings. The average molecular weight is 286 g/mol. The topological polar surface area (TPSA) is 55.1 Å². The van der Waals surface area contributed by atoms with Gasteiger partial charge in [0.05, 0.1) is 12.1 Å². The normalized spacial score (nSPS) is 13.5. The maximum Gasteiger partial charge on any atom is 0.237 e. The summed E-state index contributed by atoms with van der Waals surface area (Å²) in [6.07, 6.45) is 0.455. The highest BCUT2D eigenvalue weighted by Crippen LogP contribution is 2.16. The van der Waals surface area contributed by atoms with Crippen LogP contribution >= 0.6 is 0 Å². The van der Waals surface area contributed by atoms with E-state index in [0.717, 1.165) is 5.56 Å². The molecule has 0 aliphatic carbocycles. The van der Waals surface area contributed by atoms with Crippen LogP contribution in [0.2, 0.25) is 0 Å². The molecule has 0 bridgehead atoms. The van der Waals surface area contributed by atoms with Crippen molar-refractivity contribution in [2.45, 2.75) is 25.4 Å². The van der Waals surface area contributed by atoms with Gasteiger partial charge >= 0.3 is 0 Å². The van der Waals surface area contributed by atoms with E-state index < -0.39 is 12.1 Å². The third-order valence-electron chi connectivity index (χ3n) is 3.37. The molecule has 2 atom stereocenters. The molecule has 2 aromatic carbocycles. The van der Waals surface area contributed by atoms with Gasteiger partial charge in [0.25, 0.3) is 0 Å². The number of amides is 1. The SMILES string of the molecule is CC(NC(=O)[C@H](N)Cc1ccccc1)c1ccccc1F. The molecule has 2 rings (SSSR count). The molecule has 0 spiro atoms. The molecule has 0 saturated carbocycles. The van der Waals surface area contributed by atoms with E-state index in [9.17, 15) is 9.18 Å². The van der Waals surface area contributed by atoms with E-state index in [1.165, 1.54) is 6.07 Å². The zero-order valence-electron chi connectivity index (χ0n) is 11.9. The van der Waals surface area contributed by atoms with Crippen molar-refractivity contribution >= 4 is 5.91 Å². The molecule has 4 heteroatoms. The quantitative estimate of drug-likeness (QED) is 0.887. The molecule has 3 N–H and O–H groups in total. The van der Waals surface area contributed by atoms with E-state index in [0.29, 0.717) is 12.0 Å². The van der Waals surface area contributed by atoms with Gasteiger partial charge in [0.15, 0.2) is 0 Å². The highest BCUT2D eigenvalue weighted by molar-refractivity contribution is 5.82. The number of nitrogens with two attached hydrogens (primary N) is 1. The third-order valence-corrected chi connectivity index (χ3v) is 3.37. The van der Waals surface area contributed by atoms with Crippen LogP contribution in [-0.4, -0.2) is 11.9 Å². The smallest absolute Gasteiger partial charge is 0.237 e. The lowest BCUT2D eigenvalue weighted by molar-refractivity contribution is -0.123. The molecule has 1 amide bonds. The summed E-state index contributed by atoms with van der Waals surface area (Å²) in [7, 11) is 0. The first-order chi connectivity index (χ1) is 10.1. The second-order valence-electron chi connectivity index (χ2n) is 5.05. The Labute approximate surface area is 124 Å². The van der Waals surface area contributed by atoms with Gasteiger partial charge in [0, 0.05) is 5.56 Å². The second-order valence-corrected chi connectivity index (χ2v) is 5.05. The van der Waals surface area contributed by atoms with E-state index in [1.807, 2.05) is 30.3 Å². The van der Waals surface area contributed by atoms with Crippen LogP contribution in [0.4, 0.5) is 4.39 Å². The summed E-state index contributed by atoms with van der Waals surface area (Å²) in [6.45, 7) is 1.74. The van der Waals surface area contributed by atoms with Crippen molar-refractivity contribution in [2.75, 3.05) is 0 Å². The molecule has 0 radical (unpaired) electrons. The lowest BCUT2D eigenvalue weighted by atomic mass is 10.0. The number of halogens is 1. The van der Waals surface area contributed by atoms with Gasteiger partial charge in [0.2, 0.25) is 5.91 Å². The summed E-state index contributed by atoms with van der Waals surface area (Å²) < 4.78 is 13.7. The first-order valence-corrected chi connectivity index (χ1v) is 6.92. The van der Waals surface area contributed by atoms with Crippen LogP contribution in [0.1, 0.15) is 24.1 Å². The fourth-order valence-electron chi connectivity index (χ4n) is 2.19. The van der Waals surface area contributed by atoms with Crippen LogP contribution in [0.15, 0.2) is 54.6 Å². The maximum atomic E-state index is 13.7. The molecule has 0 aromatic heterocycles. The van der Waals surface area contributed by atoms with Crippen molar-refractivity contribution in [2.24, 2.45) is 5.73 Å². The molecule has 0 aliphatic rings. The summed E-state index contributed by atoms with van der Waals surface area (Å²) in [5.74, 6) is -0.614. The highest BCUT2D eigenvalue weighted by atomic mass is 19.1. The number of rotatable bonds is 5. The van der Waals surface area contributed by atoms with Gasteiger partial charge in [-0.1, -0.05) is 48.5 Å². The number of carbonyl (C=O) groups is 1. The monoisotopic (exact) mass is 286 g/mol. The molecule has 0 aliphatic heterocycles. The van der Waals surface area contributed by atoms with Gasteiger partial charge in [-0.3, -0.25) is 4.79 Å². The zero-order chi connectivity index (χ0) is 15.2. The minimum atomic E-state index is -0.651. The van der Waals surface area contributed by atoms with Crippen molar-refractivity contribution in [3.63, 3.8) is 0 Å². The molecule has 0 heterocycles. The van der Waals surface area contributed by atoms with E-state index in [4.69, 9.17) is 5.73 Å². The van der Waals surface area contributed by atoms with Crippen molar-refractivity contribution in [3.8, 4) is 0 Å². The number of carbonyl (C=O) groups excluding carboxylic acids is 1. The first-order valence-electron chi connectivity index (χ1n) is 6.92. The predicted molar refractivity (Wildman–Crippen MR) is 81.1 cm³/mol. The number of benzene rings is 2. The van der Waals surface area contributed by atoms with Crippen molar-refractivity contribution in [1.29, 1.82) is 0 Å². The van der Waals surface area contributed by atoms with Crippen molar-refractivity contribution in [1.82, 2.24) is 5.32 Å². The predicted octanol–water partition coefficient (Wildman–Crippen LogP) is 2.57. The summed E-state index contributed by atoms with van der Waals surface area (Å²) in [5, 5.41) is 2.75. The molecule has 110 valence electrons. The van der Waals surface area contributed by atoms with Crippen LogP contribution in [0, 0.1) is 5.82 Å². The van der Waals surface area contributed by atoms with Crippen LogP contribution < -0.4 is 11.1 Å². The largest absolute Gasteiger partial charge is 0.348 e. The standard InChI is InChI=1S/C17H19FN2O/c1-12(14-9-5-6-10-15(14)18)20-17(21)16(19)11-13-7-3-2-4-8-13/h2-10,12,16H,11,19H2,1H3,(H,20,21)/t12?,16-/m1/s1. The van der Waals surface area contributed by atoms with E-state index in [-0.39, 0.29) is 11.7 Å². The molecular formula is C17H19FN2O. The molecular weight excluding hydrogens is 267 g/mol. The Balaban J connectivity index is 1.96.